The molecule has 0 atom stereocenters. The van der Waals surface area contributed by atoms with E-state index in [1.165, 1.54) is 6.20 Å². The molecule has 1 aliphatic heterocycles. The van der Waals surface area contributed by atoms with Gasteiger partial charge in [-0.25, -0.2) is 12.4 Å². The van der Waals surface area contributed by atoms with E-state index < -0.39 is 26.7 Å². The van der Waals surface area contributed by atoms with Crippen LogP contribution in [0.4, 0.5) is 18.9 Å². The van der Waals surface area contributed by atoms with Gasteiger partial charge in [0.25, 0.3) is 10.0 Å². The lowest BCUT2D eigenvalue weighted by molar-refractivity contribution is -0.137. The molecule has 2 aromatic heterocycles. The van der Waals surface area contributed by atoms with Crippen molar-refractivity contribution >= 4 is 26.7 Å². The SMILES string of the molecule is O=S(=O)(c1cccc(C(F)(F)F)c1)n1cc(N2CCNCC2)c2ncccc21. The summed E-state index contributed by atoms with van der Waals surface area (Å²) in [5.41, 5.74) is 0.464. The van der Waals surface area contributed by atoms with Crippen LogP contribution in [0.25, 0.3) is 11.0 Å². The topological polar surface area (TPSA) is 67.2 Å². The standard InChI is InChI=1S/C18H17F3N4O2S/c19-18(20,21)13-3-1-4-14(11-13)28(26,27)25-12-16(24-9-7-22-8-10-24)17-15(25)5-2-6-23-17/h1-6,11-12,22H,7-10H2. The van der Waals surface area contributed by atoms with Crippen molar-refractivity contribution in [1.82, 2.24) is 14.3 Å². The van der Waals surface area contributed by atoms with Crippen molar-refractivity contribution in [2.24, 2.45) is 0 Å². The van der Waals surface area contributed by atoms with E-state index >= 15 is 0 Å². The maximum absolute atomic E-state index is 13.2. The molecule has 148 valence electrons. The Kier molecular flexibility index (Phi) is 4.54. The second-order valence-electron chi connectivity index (χ2n) is 6.45. The Morgan fingerprint density at radius 3 is 2.54 bits per heavy atom. The first kappa shape index (κ1) is 18.8. The molecule has 3 aromatic rings. The first-order chi connectivity index (χ1) is 13.3. The van der Waals surface area contributed by atoms with Crippen molar-refractivity contribution in [3.8, 4) is 0 Å². The number of benzene rings is 1. The number of rotatable bonds is 3. The summed E-state index contributed by atoms with van der Waals surface area (Å²) < 4.78 is 66.4. The molecule has 28 heavy (non-hydrogen) atoms. The highest BCUT2D eigenvalue weighted by molar-refractivity contribution is 7.90. The highest BCUT2D eigenvalue weighted by atomic mass is 32.2. The number of pyridine rings is 1. The molecule has 6 nitrogen and oxygen atoms in total. The molecular weight excluding hydrogens is 393 g/mol. The minimum atomic E-state index is -4.63. The Morgan fingerprint density at radius 2 is 1.82 bits per heavy atom. The zero-order chi connectivity index (χ0) is 19.9. The number of nitrogens with one attached hydrogen (secondary N) is 1. The summed E-state index contributed by atoms with van der Waals surface area (Å²) in [6.07, 6.45) is -1.62. The van der Waals surface area contributed by atoms with E-state index in [1.807, 2.05) is 4.90 Å². The van der Waals surface area contributed by atoms with Crippen LogP contribution in [0.15, 0.2) is 53.7 Å². The number of aromatic nitrogens is 2. The molecule has 4 rings (SSSR count). The van der Waals surface area contributed by atoms with Crippen molar-refractivity contribution in [1.29, 1.82) is 0 Å². The Labute approximate surface area is 159 Å². The smallest absolute Gasteiger partial charge is 0.366 e. The lowest BCUT2D eigenvalue weighted by atomic mass is 10.2. The molecule has 0 spiro atoms. The molecule has 0 amide bonds. The van der Waals surface area contributed by atoms with E-state index in [4.69, 9.17) is 0 Å². The predicted molar refractivity (Wildman–Crippen MR) is 98.8 cm³/mol. The maximum Gasteiger partial charge on any atom is 0.416 e. The van der Waals surface area contributed by atoms with Crippen LogP contribution >= 0.6 is 0 Å². The van der Waals surface area contributed by atoms with Crippen molar-refractivity contribution in [2.75, 3.05) is 31.1 Å². The van der Waals surface area contributed by atoms with Gasteiger partial charge in [0.05, 0.1) is 21.7 Å². The number of piperazine rings is 1. The van der Waals surface area contributed by atoms with Gasteiger partial charge in [-0.05, 0) is 30.3 Å². The number of alkyl halides is 3. The first-order valence-electron chi connectivity index (χ1n) is 8.63. The lowest BCUT2D eigenvalue weighted by Gasteiger charge is -2.28. The average molecular weight is 410 g/mol. The summed E-state index contributed by atoms with van der Waals surface area (Å²) in [5, 5.41) is 3.22. The molecule has 1 saturated heterocycles. The minimum Gasteiger partial charge on any atom is -0.366 e. The fourth-order valence-corrected chi connectivity index (χ4v) is 4.69. The van der Waals surface area contributed by atoms with E-state index in [0.717, 1.165) is 35.3 Å². The van der Waals surface area contributed by atoms with Gasteiger partial charge in [0, 0.05) is 38.6 Å². The monoisotopic (exact) mass is 410 g/mol. The second kappa shape index (κ2) is 6.78. The van der Waals surface area contributed by atoms with Crippen LogP contribution < -0.4 is 10.2 Å². The fourth-order valence-electron chi connectivity index (χ4n) is 3.30. The van der Waals surface area contributed by atoms with Gasteiger partial charge in [0.15, 0.2) is 0 Å². The average Bonchev–Trinajstić information content (AvgIpc) is 3.09. The Hall–Kier alpha value is -2.59. The molecule has 1 aliphatic rings. The summed E-state index contributed by atoms with van der Waals surface area (Å²) >= 11 is 0. The maximum atomic E-state index is 13.2. The third kappa shape index (κ3) is 3.22. The molecule has 1 N–H and O–H groups in total. The van der Waals surface area contributed by atoms with Crippen LogP contribution in [0, 0.1) is 0 Å². The summed E-state index contributed by atoms with van der Waals surface area (Å²) in [7, 11) is -4.23. The number of anilines is 1. The van der Waals surface area contributed by atoms with E-state index in [1.54, 1.807) is 18.3 Å². The molecule has 10 heteroatoms. The van der Waals surface area contributed by atoms with Crippen LogP contribution in [0.3, 0.4) is 0 Å². The molecular formula is C18H17F3N4O2S. The van der Waals surface area contributed by atoms with E-state index in [9.17, 15) is 21.6 Å². The number of halogens is 3. The Morgan fingerprint density at radius 1 is 1.07 bits per heavy atom. The van der Waals surface area contributed by atoms with Crippen molar-refractivity contribution in [3.63, 3.8) is 0 Å². The van der Waals surface area contributed by atoms with Gasteiger partial charge in [0.1, 0.15) is 5.52 Å². The Balaban J connectivity index is 1.87. The predicted octanol–water partition coefficient (Wildman–Crippen LogP) is 2.70. The van der Waals surface area contributed by atoms with E-state index in [0.29, 0.717) is 35.9 Å². The van der Waals surface area contributed by atoms with Gasteiger partial charge in [0.2, 0.25) is 0 Å². The number of hydrogen-bond acceptors (Lipinski definition) is 5. The third-order valence-corrected chi connectivity index (χ3v) is 6.35. The van der Waals surface area contributed by atoms with Gasteiger partial charge in [-0.2, -0.15) is 13.2 Å². The largest absolute Gasteiger partial charge is 0.416 e. The van der Waals surface area contributed by atoms with Gasteiger partial charge in [-0.15, -0.1) is 0 Å². The summed E-state index contributed by atoms with van der Waals surface area (Å²) in [5.74, 6) is 0. The highest BCUT2D eigenvalue weighted by Crippen LogP contribution is 2.33. The molecule has 1 fully saturated rings. The Bertz CT molecular complexity index is 1120. The van der Waals surface area contributed by atoms with Crippen LogP contribution in [0.2, 0.25) is 0 Å². The quantitative estimate of drug-likeness (QED) is 0.719. The fraction of sp³-hybridized carbons (Fsp3) is 0.278. The summed E-state index contributed by atoms with van der Waals surface area (Å²) in [4.78, 5) is 5.91. The van der Waals surface area contributed by atoms with Crippen molar-refractivity contribution < 1.29 is 21.6 Å². The number of fused-ring (bicyclic) bond motifs is 1. The van der Waals surface area contributed by atoms with Gasteiger partial charge in [-0.1, -0.05) is 6.07 Å². The van der Waals surface area contributed by atoms with Crippen LogP contribution in [0.5, 0.6) is 0 Å². The molecule has 0 unspecified atom stereocenters. The molecule has 3 heterocycles. The van der Waals surface area contributed by atoms with E-state index in [-0.39, 0.29) is 0 Å². The normalized spacial score (nSPS) is 15.9. The van der Waals surface area contributed by atoms with Gasteiger partial charge < -0.3 is 10.2 Å². The van der Waals surface area contributed by atoms with Crippen molar-refractivity contribution in [2.45, 2.75) is 11.1 Å². The van der Waals surface area contributed by atoms with Crippen LogP contribution in [-0.4, -0.2) is 43.6 Å². The molecule has 0 bridgehead atoms. The molecule has 0 radical (unpaired) electrons. The number of hydrogen-bond donors (Lipinski definition) is 1. The number of nitrogens with zero attached hydrogens (tertiary/aromatic N) is 3. The van der Waals surface area contributed by atoms with Crippen LogP contribution in [-0.2, 0) is 16.2 Å². The van der Waals surface area contributed by atoms with Crippen molar-refractivity contribution in [3.05, 3.63) is 54.4 Å². The highest BCUT2D eigenvalue weighted by Gasteiger charge is 2.32. The van der Waals surface area contributed by atoms with Gasteiger partial charge >= 0.3 is 6.18 Å². The minimum absolute atomic E-state index is 0.327. The summed E-state index contributed by atoms with van der Waals surface area (Å²) in [6.45, 7) is 2.86. The van der Waals surface area contributed by atoms with Gasteiger partial charge in [-0.3, -0.25) is 4.98 Å². The van der Waals surface area contributed by atoms with Crippen LogP contribution in [0.1, 0.15) is 5.56 Å². The lowest BCUT2D eigenvalue weighted by Crippen LogP contribution is -2.43. The second-order valence-corrected chi connectivity index (χ2v) is 8.26. The zero-order valence-corrected chi connectivity index (χ0v) is 15.5. The summed E-state index contributed by atoms with van der Waals surface area (Å²) in [6, 6.07) is 6.96. The zero-order valence-electron chi connectivity index (χ0n) is 14.6. The third-order valence-electron chi connectivity index (χ3n) is 4.68. The molecule has 0 saturated carbocycles. The molecule has 1 aromatic carbocycles. The van der Waals surface area contributed by atoms with E-state index in [2.05, 4.69) is 10.3 Å². The molecule has 0 aliphatic carbocycles. The first-order valence-corrected chi connectivity index (χ1v) is 10.1.